The van der Waals surface area contributed by atoms with Crippen molar-refractivity contribution in [2.24, 2.45) is 0 Å². The molecule has 0 aromatic rings. The van der Waals surface area contributed by atoms with Crippen molar-refractivity contribution in [3.63, 3.8) is 0 Å². The Morgan fingerprint density at radius 1 is 1.56 bits per heavy atom. The third-order valence-electron chi connectivity index (χ3n) is 2.88. The molecule has 5 heteroatoms. The van der Waals surface area contributed by atoms with E-state index in [-0.39, 0.29) is 23.9 Å². The van der Waals surface area contributed by atoms with Gasteiger partial charge in [0.2, 0.25) is 11.8 Å². The molecule has 1 N–H and O–H groups in total. The number of nitrogens with one attached hydrogen (secondary N) is 1. The predicted molar refractivity (Wildman–Crippen MR) is 66.4 cm³/mol. The summed E-state index contributed by atoms with van der Waals surface area (Å²) in [7, 11) is 0. The van der Waals surface area contributed by atoms with Gasteiger partial charge in [-0.05, 0) is 19.6 Å². The summed E-state index contributed by atoms with van der Waals surface area (Å²) in [6.45, 7) is 4.39. The Kier molecular flexibility index (Phi) is 5.12. The van der Waals surface area contributed by atoms with Crippen molar-refractivity contribution in [3.05, 3.63) is 0 Å². The van der Waals surface area contributed by atoms with E-state index in [4.69, 9.17) is 0 Å². The monoisotopic (exact) mass is 244 g/mol. The van der Waals surface area contributed by atoms with E-state index >= 15 is 0 Å². The molecule has 0 spiro atoms. The molecular weight excluding hydrogens is 224 g/mol. The van der Waals surface area contributed by atoms with Gasteiger partial charge in [-0.1, -0.05) is 6.92 Å². The molecule has 16 heavy (non-hydrogen) atoms. The zero-order valence-corrected chi connectivity index (χ0v) is 11.0. The van der Waals surface area contributed by atoms with Crippen molar-refractivity contribution in [1.29, 1.82) is 0 Å². The Hall–Kier alpha value is -0.710. The van der Waals surface area contributed by atoms with Crippen LogP contribution in [0.15, 0.2) is 0 Å². The van der Waals surface area contributed by atoms with Crippen molar-refractivity contribution in [1.82, 2.24) is 10.2 Å². The highest BCUT2D eigenvalue weighted by Crippen LogP contribution is 2.14. The molecule has 2 amide bonds. The Bertz CT molecular complexity index is 271. The molecule has 1 heterocycles. The van der Waals surface area contributed by atoms with E-state index in [9.17, 15) is 9.59 Å². The Balaban J connectivity index is 2.75. The first-order chi connectivity index (χ1) is 7.60. The zero-order chi connectivity index (χ0) is 12.1. The van der Waals surface area contributed by atoms with Crippen LogP contribution in [0.5, 0.6) is 0 Å². The first-order valence-corrected chi connectivity index (χ1v) is 7.08. The van der Waals surface area contributed by atoms with Gasteiger partial charge in [-0.2, -0.15) is 11.8 Å². The van der Waals surface area contributed by atoms with Gasteiger partial charge in [-0.3, -0.25) is 9.59 Å². The summed E-state index contributed by atoms with van der Waals surface area (Å²) in [5.74, 6) is 0.956. The van der Waals surface area contributed by atoms with Crippen LogP contribution in [0.3, 0.4) is 0 Å². The number of carbonyl (C=O) groups is 2. The summed E-state index contributed by atoms with van der Waals surface area (Å²) < 4.78 is 0. The maximum Gasteiger partial charge on any atom is 0.245 e. The van der Waals surface area contributed by atoms with Crippen molar-refractivity contribution in [3.8, 4) is 0 Å². The molecule has 2 unspecified atom stereocenters. The van der Waals surface area contributed by atoms with E-state index in [1.807, 2.05) is 11.2 Å². The minimum absolute atomic E-state index is 0.0256. The molecule has 1 saturated heterocycles. The smallest absolute Gasteiger partial charge is 0.245 e. The largest absolute Gasteiger partial charge is 0.345 e. The SMILES string of the molecule is CCC(CSC)N1CCC(=O)NC(C)C1=O. The summed E-state index contributed by atoms with van der Waals surface area (Å²) in [6.07, 6.45) is 3.40. The maximum atomic E-state index is 12.1. The number of hydrogen-bond donors (Lipinski definition) is 1. The molecule has 0 aromatic heterocycles. The van der Waals surface area contributed by atoms with Gasteiger partial charge in [0.15, 0.2) is 0 Å². The van der Waals surface area contributed by atoms with Gasteiger partial charge >= 0.3 is 0 Å². The molecule has 0 aromatic carbocycles. The fourth-order valence-electron chi connectivity index (χ4n) is 1.94. The minimum atomic E-state index is -0.383. The highest BCUT2D eigenvalue weighted by atomic mass is 32.2. The second-order valence-electron chi connectivity index (χ2n) is 4.09. The van der Waals surface area contributed by atoms with E-state index in [1.165, 1.54) is 0 Å². The molecular formula is C11H20N2O2S. The lowest BCUT2D eigenvalue weighted by atomic mass is 10.2. The number of thioether (sulfide) groups is 1. The van der Waals surface area contributed by atoms with Crippen LogP contribution in [0, 0.1) is 0 Å². The van der Waals surface area contributed by atoms with Crippen molar-refractivity contribution < 1.29 is 9.59 Å². The quantitative estimate of drug-likeness (QED) is 0.798. The average Bonchev–Trinajstić information content (AvgIpc) is 2.37. The minimum Gasteiger partial charge on any atom is -0.345 e. The van der Waals surface area contributed by atoms with Crippen LogP contribution in [0.25, 0.3) is 0 Å². The second kappa shape index (κ2) is 6.13. The molecule has 0 saturated carbocycles. The van der Waals surface area contributed by atoms with Crippen LogP contribution in [-0.2, 0) is 9.59 Å². The summed E-state index contributed by atoms with van der Waals surface area (Å²) in [5, 5.41) is 2.71. The highest BCUT2D eigenvalue weighted by molar-refractivity contribution is 7.98. The molecule has 1 rings (SSSR count). The lowest BCUT2D eigenvalue weighted by Crippen LogP contribution is -2.47. The Labute approximate surface area is 101 Å². The normalized spacial score (nSPS) is 23.9. The summed E-state index contributed by atoms with van der Waals surface area (Å²) in [5.41, 5.74) is 0. The summed E-state index contributed by atoms with van der Waals surface area (Å²) in [6, 6.07) is -0.136. The fraction of sp³-hybridized carbons (Fsp3) is 0.818. The van der Waals surface area contributed by atoms with E-state index in [2.05, 4.69) is 12.2 Å². The standard InChI is InChI=1S/C11H20N2O2S/c1-4-9(7-16-3)13-6-5-10(14)12-8(2)11(13)15/h8-9H,4-7H2,1-3H3,(H,12,14). The third kappa shape index (κ3) is 3.14. The molecule has 1 aliphatic heterocycles. The number of carbonyl (C=O) groups excluding carboxylic acids is 2. The number of amides is 2. The second-order valence-corrected chi connectivity index (χ2v) is 5.00. The van der Waals surface area contributed by atoms with Gasteiger partial charge in [0.05, 0.1) is 0 Å². The van der Waals surface area contributed by atoms with Crippen LogP contribution >= 0.6 is 11.8 Å². The van der Waals surface area contributed by atoms with E-state index < -0.39 is 0 Å². The van der Waals surface area contributed by atoms with Gasteiger partial charge in [0, 0.05) is 24.8 Å². The molecule has 0 bridgehead atoms. The van der Waals surface area contributed by atoms with Gasteiger partial charge in [-0.15, -0.1) is 0 Å². The summed E-state index contributed by atoms with van der Waals surface area (Å²) in [4.78, 5) is 25.3. The van der Waals surface area contributed by atoms with Gasteiger partial charge in [-0.25, -0.2) is 0 Å². The first-order valence-electron chi connectivity index (χ1n) is 5.69. The fourth-order valence-corrected chi connectivity index (χ4v) is 2.74. The molecule has 92 valence electrons. The maximum absolute atomic E-state index is 12.1. The lowest BCUT2D eigenvalue weighted by molar-refractivity contribution is -0.134. The summed E-state index contributed by atoms with van der Waals surface area (Å²) >= 11 is 1.74. The van der Waals surface area contributed by atoms with Crippen LogP contribution in [0.2, 0.25) is 0 Å². The van der Waals surface area contributed by atoms with Crippen LogP contribution in [0.1, 0.15) is 26.7 Å². The number of rotatable bonds is 4. The molecule has 1 fully saturated rings. The zero-order valence-electron chi connectivity index (χ0n) is 10.2. The molecule has 1 aliphatic rings. The molecule has 2 atom stereocenters. The lowest BCUT2D eigenvalue weighted by Gasteiger charge is -2.30. The van der Waals surface area contributed by atoms with E-state index in [0.717, 1.165) is 12.2 Å². The highest BCUT2D eigenvalue weighted by Gasteiger charge is 2.30. The number of hydrogen-bond acceptors (Lipinski definition) is 3. The molecule has 0 radical (unpaired) electrons. The van der Waals surface area contributed by atoms with Crippen molar-refractivity contribution >= 4 is 23.6 Å². The van der Waals surface area contributed by atoms with Crippen LogP contribution in [0.4, 0.5) is 0 Å². The topological polar surface area (TPSA) is 49.4 Å². The van der Waals surface area contributed by atoms with Gasteiger partial charge in [0.25, 0.3) is 0 Å². The van der Waals surface area contributed by atoms with Gasteiger partial charge < -0.3 is 10.2 Å². The molecule has 0 aliphatic carbocycles. The van der Waals surface area contributed by atoms with Crippen molar-refractivity contribution in [2.45, 2.75) is 38.8 Å². The Morgan fingerprint density at radius 3 is 2.81 bits per heavy atom. The predicted octanol–water partition coefficient (Wildman–Crippen LogP) is 0.865. The molecule has 4 nitrogen and oxygen atoms in total. The van der Waals surface area contributed by atoms with E-state index in [1.54, 1.807) is 18.7 Å². The van der Waals surface area contributed by atoms with Crippen molar-refractivity contribution in [2.75, 3.05) is 18.6 Å². The van der Waals surface area contributed by atoms with E-state index in [0.29, 0.717) is 13.0 Å². The Morgan fingerprint density at radius 2 is 2.25 bits per heavy atom. The third-order valence-corrected chi connectivity index (χ3v) is 3.60. The average molecular weight is 244 g/mol. The number of nitrogens with zero attached hydrogens (tertiary/aromatic N) is 1. The van der Waals surface area contributed by atoms with Gasteiger partial charge in [0.1, 0.15) is 6.04 Å². The first kappa shape index (κ1) is 13.4. The van der Waals surface area contributed by atoms with Crippen LogP contribution < -0.4 is 5.32 Å². The van der Waals surface area contributed by atoms with Crippen LogP contribution in [-0.4, -0.2) is 47.4 Å².